The van der Waals surface area contributed by atoms with E-state index >= 15 is 0 Å². The quantitative estimate of drug-likeness (QED) is 0.149. The first-order chi connectivity index (χ1) is 24.1. The number of rotatable bonds is 11. The average Bonchev–Trinajstić information content (AvgIpc) is 3.15. The van der Waals surface area contributed by atoms with Gasteiger partial charge in [0.15, 0.2) is 6.29 Å². The highest BCUT2D eigenvalue weighted by atomic mass is 16.7. The summed E-state index contributed by atoms with van der Waals surface area (Å²) < 4.78 is 13.3. The molecule has 0 saturated carbocycles. The van der Waals surface area contributed by atoms with Gasteiger partial charge in [-0.1, -0.05) is 109 Å². The second-order valence-corrected chi connectivity index (χ2v) is 12.3. The summed E-state index contributed by atoms with van der Waals surface area (Å²) in [5.41, 5.74) is 7.50. The lowest BCUT2D eigenvalue weighted by Gasteiger charge is -2.38. The van der Waals surface area contributed by atoms with Crippen molar-refractivity contribution in [3.8, 4) is 0 Å². The third kappa shape index (κ3) is 8.25. The molecule has 246 valence electrons. The van der Waals surface area contributed by atoms with E-state index in [0.717, 1.165) is 35.3 Å². The standard InChI is InChI=1S/C41H38N4O4/c46-28-31-15-17-32(18-16-31)39-23-35(27-45(25-29-9-3-1-4-10-29)26-30-11-5-2-6-12-30)48-41(49-39)33-19-21-34(22-20-33)43-40(47)38-24-42-36-13-7-8-14-37(36)44-38/h1-22,24,35,39,41,46H,23,25-28H2,(H,43,47). The molecule has 5 aromatic carbocycles. The van der Waals surface area contributed by atoms with Gasteiger partial charge in [-0.2, -0.15) is 0 Å². The molecule has 1 fully saturated rings. The van der Waals surface area contributed by atoms with Crippen molar-refractivity contribution >= 4 is 22.6 Å². The number of hydrogen-bond acceptors (Lipinski definition) is 7. The molecule has 3 atom stereocenters. The van der Waals surface area contributed by atoms with Crippen LogP contribution in [-0.4, -0.2) is 38.5 Å². The number of aliphatic hydroxyl groups excluding tert-OH is 1. The van der Waals surface area contributed by atoms with E-state index in [9.17, 15) is 9.90 Å². The molecule has 1 aliphatic heterocycles. The highest BCUT2D eigenvalue weighted by Gasteiger charge is 2.33. The van der Waals surface area contributed by atoms with Crippen LogP contribution in [0.1, 0.15) is 57.1 Å². The molecule has 1 amide bonds. The number of nitrogens with zero attached hydrogens (tertiary/aromatic N) is 3. The van der Waals surface area contributed by atoms with E-state index < -0.39 is 6.29 Å². The molecule has 7 rings (SSSR count). The van der Waals surface area contributed by atoms with E-state index in [1.165, 1.54) is 17.3 Å². The molecule has 1 saturated heterocycles. The summed E-state index contributed by atoms with van der Waals surface area (Å²) in [6.07, 6.45) is 1.21. The van der Waals surface area contributed by atoms with Crippen LogP contribution in [0.15, 0.2) is 140 Å². The normalized spacial score (nSPS) is 17.6. The zero-order valence-electron chi connectivity index (χ0n) is 27.1. The van der Waals surface area contributed by atoms with Gasteiger partial charge in [0.05, 0.1) is 36.0 Å². The van der Waals surface area contributed by atoms with Gasteiger partial charge in [-0.15, -0.1) is 0 Å². The summed E-state index contributed by atoms with van der Waals surface area (Å²) in [5, 5.41) is 12.5. The first kappa shape index (κ1) is 32.3. The Balaban J connectivity index is 1.10. The van der Waals surface area contributed by atoms with E-state index in [-0.39, 0.29) is 30.4 Å². The lowest BCUT2D eigenvalue weighted by molar-refractivity contribution is -0.253. The number of nitrogens with one attached hydrogen (secondary N) is 1. The van der Waals surface area contributed by atoms with Crippen molar-refractivity contribution in [2.45, 2.75) is 44.6 Å². The maximum atomic E-state index is 13.0. The second kappa shape index (κ2) is 15.3. The van der Waals surface area contributed by atoms with Crippen LogP contribution in [0, 0.1) is 0 Å². The monoisotopic (exact) mass is 650 g/mol. The Morgan fingerprint density at radius 2 is 1.33 bits per heavy atom. The first-order valence-electron chi connectivity index (χ1n) is 16.5. The Morgan fingerprint density at radius 3 is 1.98 bits per heavy atom. The van der Waals surface area contributed by atoms with Crippen LogP contribution in [0.3, 0.4) is 0 Å². The van der Waals surface area contributed by atoms with Crippen molar-refractivity contribution in [3.63, 3.8) is 0 Å². The van der Waals surface area contributed by atoms with E-state index in [1.54, 1.807) is 0 Å². The fraction of sp³-hybridized carbons (Fsp3) is 0.195. The minimum Gasteiger partial charge on any atom is -0.392 e. The van der Waals surface area contributed by atoms with Gasteiger partial charge in [-0.25, -0.2) is 4.98 Å². The predicted octanol–water partition coefficient (Wildman–Crippen LogP) is 7.62. The minimum atomic E-state index is -0.618. The number of carbonyl (C=O) groups is 1. The molecule has 6 aromatic rings. The third-order valence-electron chi connectivity index (χ3n) is 8.70. The number of carbonyl (C=O) groups excluding carboxylic acids is 1. The average molecular weight is 651 g/mol. The Morgan fingerprint density at radius 1 is 0.714 bits per heavy atom. The van der Waals surface area contributed by atoms with Gasteiger partial charge < -0.3 is 19.9 Å². The van der Waals surface area contributed by atoms with Crippen LogP contribution in [0.2, 0.25) is 0 Å². The van der Waals surface area contributed by atoms with Crippen molar-refractivity contribution in [2.24, 2.45) is 0 Å². The Kier molecular flexibility index (Phi) is 10.1. The summed E-state index contributed by atoms with van der Waals surface area (Å²) in [6, 6.07) is 43.9. The molecule has 1 aromatic heterocycles. The largest absolute Gasteiger partial charge is 0.392 e. The molecule has 0 radical (unpaired) electrons. The Hall–Kier alpha value is -5.25. The van der Waals surface area contributed by atoms with Crippen LogP contribution < -0.4 is 5.32 Å². The molecule has 0 aliphatic carbocycles. The van der Waals surface area contributed by atoms with Gasteiger partial charge >= 0.3 is 0 Å². The van der Waals surface area contributed by atoms with Gasteiger partial charge in [-0.05, 0) is 46.5 Å². The number of benzene rings is 5. The number of ether oxygens (including phenoxy) is 2. The lowest BCUT2D eigenvalue weighted by Crippen LogP contribution is -2.39. The highest BCUT2D eigenvalue weighted by Crippen LogP contribution is 2.38. The van der Waals surface area contributed by atoms with Crippen molar-refractivity contribution < 1.29 is 19.4 Å². The summed E-state index contributed by atoms with van der Waals surface area (Å²) in [4.78, 5) is 24.3. The second-order valence-electron chi connectivity index (χ2n) is 12.3. The lowest BCUT2D eigenvalue weighted by atomic mass is 9.99. The molecule has 1 aliphatic rings. The number of hydrogen-bond donors (Lipinski definition) is 2. The number of aliphatic hydroxyl groups is 1. The van der Waals surface area contributed by atoms with Gasteiger partial charge in [-0.3, -0.25) is 14.7 Å². The topological polar surface area (TPSA) is 96.8 Å². The molecule has 0 bridgehead atoms. The van der Waals surface area contributed by atoms with Crippen molar-refractivity contribution in [1.29, 1.82) is 0 Å². The Bertz CT molecular complexity index is 1930. The van der Waals surface area contributed by atoms with Crippen LogP contribution in [0.25, 0.3) is 11.0 Å². The van der Waals surface area contributed by atoms with Gasteiger partial charge in [0.1, 0.15) is 5.69 Å². The first-order valence-corrected chi connectivity index (χ1v) is 16.5. The molecule has 2 N–H and O–H groups in total. The van der Waals surface area contributed by atoms with E-state index in [2.05, 4.69) is 68.7 Å². The van der Waals surface area contributed by atoms with E-state index in [0.29, 0.717) is 24.2 Å². The molecule has 49 heavy (non-hydrogen) atoms. The predicted molar refractivity (Wildman–Crippen MR) is 189 cm³/mol. The zero-order chi connectivity index (χ0) is 33.4. The van der Waals surface area contributed by atoms with Gasteiger partial charge in [0.2, 0.25) is 0 Å². The molecule has 8 heteroatoms. The fourth-order valence-corrected chi connectivity index (χ4v) is 6.17. The van der Waals surface area contributed by atoms with Crippen LogP contribution in [0.5, 0.6) is 0 Å². The number of anilines is 1. The molecule has 8 nitrogen and oxygen atoms in total. The SMILES string of the molecule is O=C(Nc1ccc(C2OC(CN(Cc3ccccc3)Cc3ccccc3)CC(c3ccc(CO)cc3)O2)cc1)c1cnc2ccccc2n1. The van der Waals surface area contributed by atoms with E-state index in [1.807, 2.05) is 84.9 Å². The summed E-state index contributed by atoms with van der Waals surface area (Å²) in [6.45, 7) is 2.26. The maximum absolute atomic E-state index is 13.0. The van der Waals surface area contributed by atoms with Crippen molar-refractivity contribution in [3.05, 3.63) is 173 Å². The summed E-state index contributed by atoms with van der Waals surface area (Å²) >= 11 is 0. The molecular weight excluding hydrogens is 612 g/mol. The molecule has 2 heterocycles. The molecule has 3 unspecified atom stereocenters. The summed E-state index contributed by atoms with van der Waals surface area (Å²) in [5.74, 6) is -0.334. The number of amides is 1. The highest BCUT2D eigenvalue weighted by molar-refractivity contribution is 6.03. The minimum absolute atomic E-state index is 0.00950. The number of fused-ring (bicyclic) bond motifs is 1. The van der Waals surface area contributed by atoms with Gasteiger partial charge in [0.25, 0.3) is 5.91 Å². The van der Waals surface area contributed by atoms with E-state index in [4.69, 9.17) is 9.47 Å². The molecular formula is C41H38N4O4. The summed E-state index contributed by atoms with van der Waals surface area (Å²) in [7, 11) is 0. The van der Waals surface area contributed by atoms with Crippen LogP contribution in [0.4, 0.5) is 5.69 Å². The van der Waals surface area contributed by atoms with Crippen molar-refractivity contribution in [2.75, 3.05) is 11.9 Å². The third-order valence-corrected chi connectivity index (χ3v) is 8.70. The fourth-order valence-electron chi connectivity index (χ4n) is 6.17. The smallest absolute Gasteiger partial charge is 0.275 e. The van der Waals surface area contributed by atoms with Crippen LogP contribution in [-0.2, 0) is 29.2 Å². The Labute approximate surface area is 286 Å². The molecule has 0 spiro atoms. The maximum Gasteiger partial charge on any atom is 0.275 e. The zero-order valence-corrected chi connectivity index (χ0v) is 27.1. The van der Waals surface area contributed by atoms with Crippen molar-refractivity contribution in [1.82, 2.24) is 14.9 Å². The van der Waals surface area contributed by atoms with Gasteiger partial charge in [0, 0.05) is 37.3 Å². The number of aromatic nitrogens is 2. The van der Waals surface area contributed by atoms with Crippen LogP contribution >= 0.6 is 0 Å². The number of para-hydroxylation sites is 2.